The van der Waals surface area contributed by atoms with Gasteiger partial charge in [-0.15, -0.1) is 11.3 Å². The zero-order chi connectivity index (χ0) is 20.1. The molecule has 3 rings (SSSR count). The maximum Gasteiger partial charge on any atom is 0.271 e. The normalized spacial score (nSPS) is 11.8. The van der Waals surface area contributed by atoms with Gasteiger partial charge in [-0.2, -0.15) is 0 Å². The molecule has 0 unspecified atom stereocenters. The largest absolute Gasteiger partial charge is 0.361 e. The van der Waals surface area contributed by atoms with Gasteiger partial charge in [-0.05, 0) is 25.8 Å². The van der Waals surface area contributed by atoms with E-state index in [-0.39, 0.29) is 17.9 Å². The highest BCUT2D eigenvalue weighted by Crippen LogP contribution is 2.23. The second-order valence-electron chi connectivity index (χ2n) is 6.50. The molecule has 0 aliphatic carbocycles. The fourth-order valence-electron chi connectivity index (χ4n) is 2.86. The topological polar surface area (TPSA) is 97.1 Å². The summed E-state index contributed by atoms with van der Waals surface area (Å²) >= 11 is 1.36. The molecule has 0 saturated carbocycles. The van der Waals surface area contributed by atoms with E-state index in [1.165, 1.54) is 18.3 Å². The van der Waals surface area contributed by atoms with Crippen molar-refractivity contribution in [2.24, 2.45) is 0 Å². The van der Waals surface area contributed by atoms with Gasteiger partial charge in [0, 0.05) is 24.4 Å². The standard InChI is InChI=1S/C20H22N4O3S/c1-12-16(13(2)27-24-12)10-21-19(26)18-11-28-20(23-18)17(22-14(3)25)9-15-7-5-4-6-8-15/h4-8,11,17H,9-10H2,1-3H3,(H,21,26)(H,22,25)/t17-/m1/s1. The molecule has 0 aliphatic rings. The van der Waals surface area contributed by atoms with E-state index < -0.39 is 0 Å². The third kappa shape index (κ3) is 4.83. The van der Waals surface area contributed by atoms with Crippen LogP contribution in [0.15, 0.2) is 40.2 Å². The van der Waals surface area contributed by atoms with E-state index in [0.717, 1.165) is 16.8 Å². The summed E-state index contributed by atoms with van der Waals surface area (Å²) in [6, 6.07) is 9.57. The highest BCUT2D eigenvalue weighted by Gasteiger charge is 2.20. The predicted molar refractivity (Wildman–Crippen MR) is 106 cm³/mol. The smallest absolute Gasteiger partial charge is 0.271 e. The van der Waals surface area contributed by atoms with Crippen LogP contribution >= 0.6 is 11.3 Å². The monoisotopic (exact) mass is 398 g/mol. The summed E-state index contributed by atoms with van der Waals surface area (Å²) in [5.41, 5.74) is 3.03. The van der Waals surface area contributed by atoms with Crippen LogP contribution in [0.2, 0.25) is 0 Å². The maximum absolute atomic E-state index is 12.5. The first-order valence-corrected chi connectivity index (χ1v) is 9.78. The van der Waals surface area contributed by atoms with Crippen molar-refractivity contribution in [3.8, 4) is 0 Å². The molecule has 146 valence electrons. The number of carbonyl (C=O) groups excluding carboxylic acids is 2. The minimum atomic E-state index is -0.283. The first-order chi connectivity index (χ1) is 13.4. The molecule has 0 bridgehead atoms. The van der Waals surface area contributed by atoms with Crippen LogP contribution in [-0.2, 0) is 17.8 Å². The summed E-state index contributed by atoms with van der Waals surface area (Å²) in [6.45, 7) is 5.44. The summed E-state index contributed by atoms with van der Waals surface area (Å²) in [6.07, 6.45) is 0.605. The van der Waals surface area contributed by atoms with Gasteiger partial charge in [-0.3, -0.25) is 9.59 Å². The third-order valence-corrected chi connectivity index (χ3v) is 5.28. The fraction of sp³-hybridized carbons (Fsp3) is 0.300. The van der Waals surface area contributed by atoms with Crippen LogP contribution in [-0.4, -0.2) is 22.0 Å². The molecule has 2 heterocycles. The summed E-state index contributed by atoms with van der Waals surface area (Å²) in [5.74, 6) is 0.273. The van der Waals surface area contributed by atoms with E-state index in [0.29, 0.717) is 29.4 Å². The van der Waals surface area contributed by atoms with Crippen LogP contribution in [0, 0.1) is 13.8 Å². The number of aromatic nitrogens is 2. The van der Waals surface area contributed by atoms with E-state index in [9.17, 15) is 9.59 Å². The van der Waals surface area contributed by atoms with Crippen LogP contribution in [0.1, 0.15) is 51.0 Å². The van der Waals surface area contributed by atoms with Crippen molar-refractivity contribution in [3.63, 3.8) is 0 Å². The van der Waals surface area contributed by atoms with E-state index >= 15 is 0 Å². The van der Waals surface area contributed by atoms with Gasteiger partial charge in [0.25, 0.3) is 5.91 Å². The number of thiazole rings is 1. The van der Waals surface area contributed by atoms with E-state index in [4.69, 9.17) is 4.52 Å². The summed E-state index contributed by atoms with van der Waals surface area (Å²) in [7, 11) is 0. The number of nitrogens with one attached hydrogen (secondary N) is 2. The molecule has 0 radical (unpaired) electrons. The van der Waals surface area contributed by atoms with E-state index in [1.807, 2.05) is 44.2 Å². The van der Waals surface area contributed by atoms with Gasteiger partial charge in [-0.25, -0.2) is 4.98 Å². The molecule has 7 nitrogen and oxygen atoms in total. The second kappa shape index (κ2) is 8.79. The molecule has 2 N–H and O–H groups in total. The van der Waals surface area contributed by atoms with E-state index in [2.05, 4.69) is 20.8 Å². The van der Waals surface area contributed by atoms with Gasteiger partial charge < -0.3 is 15.2 Å². The molecule has 0 spiro atoms. The zero-order valence-electron chi connectivity index (χ0n) is 16.0. The Kier molecular flexibility index (Phi) is 6.20. The molecule has 2 amide bonds. The Labute approximate surface area is 167 Å². The predicted octanol–water partition coefficient (Wildman–Crippen LogP) is 3.10. The number of hydrogen-bond acceptors (Lipinski definition) is 6. The first kappa shape index (κ1) is 19.8. The van der Waals surface area contributed by atoms with Crippen LogP contribution in [0.25, 0.3) is 0 Å². The van der Waals surface area contributed by atoms with Gasteiger partial charge in [0.05, 0.1) is 11.7 Å². The highest BCUT2D eigenvalue weighted by molar-refractivity contribution is 7.09. The van der Waals surface area contributed by atoms with Crippen LogP contribution in [0.4, 0.5) is 0 Å². The summed E-state index contributed by atoms with van der Waals surface area (Å²) in [4.78, 5) is 28.6. The molecular weight excluding hydrogens is 376 g/mol. The van der Waals surface area contributed by atoms with Crippen LogP contribution in [0.3, 0.4) is 0 Å². The maximum atomic E-state index is 12.5. The Hall–Kier alpha value is -3.00. The fourth-order valence-corrected chi connectivity index (χ4v) is 3.71. The zero-order valence-corrected chi connectivity index (χ0v) is 16.8. The lowest BCUT2D eigenvalue weighted by Crippen LogP contribution is -2.28. The Morgan fingerprint density at radius 2 is 1.96 bits per heavy atom. The summed E-state index contributed by atoms with van der Waals surface area (Å²) in [5, 5.41) is 12.1. The molecule has 0 fully saturated rings. The number of benzene rings is 1. The third-order valence-electron chi connectivity index (χ3n) is 4.32. The van der Waals surface area contributed by atoms with Crippen molar-refractivity contribution < 1.29 is 14.1 Å². The minimum absolute atomic E-state index is 0.138. The lowest BCUT2D eigenvalue weighted by Gasteiger charge is -2.15. The molecule has 1 aromatic carbocycles. The van der Waals surface area contributed by atoms with Crippen molar-refractivity contribution >= 4 is 23.2 Å². The number of rotatable bonds is 7. The van der Waals surface area contributed by atoms with Gasteiger partial charge >= 0.3 is 0 Å². The Morgan fingerprint density at radius 3 is 2.61 bits per heavy atom. The lowest BCUT2D eigenvalue weighted by atomic mass is 10.1. The molecule has 3 aromatic rings. The minimum Gasteiger partial charge on any atom is -0.361 e. The molecule has 2 aromatic heterocycles. The number of aryl methyl sites for hydroxylation is 2. The average molecular weight is 398 g/mol. The van der Waals surface area contributed by atoms with Crippen LogP contribution in [0.5, 0.6) is 0 Å². The number of hydrogen-bond donors (Lipinski definition) is 2. The van der Waals surface area contributed by atoms with Gasteiger partial charge in [0.15, 0.2) is 0 Å². The van der Waals surface area contributed by atoms with Crippen molar-refractivity contribution in [2.45, 2.75) is 39.8 Å². The Bertz CT molecular complexity index is 946. The number of nitrogens with zero attached hydrogens (tertiary/aromatic N) is 2. The average Bonchev–Trinajstić information content (AvgIpc) is 3.27. The molecule has 1 atom stereocenters. The van der Waals surface area contributed by atoms with Gasteiger partial charge in [-0.1, -0.05) is 35.5 Å². The quantitative estimate of drug-likeness (QED) is 0.637. The Balaban J connectivity index is 1.70. The van der Waals surface area contributed by atoms with Crippen molar-refractivity contribution in [2.75, 3.05) is 0 Å². The molecule has 0 saturated heterocycles. The van der Waals surface area contributed by atoms with Crippen molar-refractivity contribution in [1.29, 1.82) is 0 Å². The molecule has 8 heteroatoms. The van der Waals surface area contributed by atoms with Gasteiger partial charge in [0.1, 0.15) is 16.5 Å². The number of amides is 2. The van der Waals surface area contributed by atoms with Crippen molar-refractivity contribution in [1.82, 2.24) is 20.8 Å². The Morgan fingerprint density at radius 1 is 1.21 bits per heavy atom. The van der Waals surface area contributed by atoms with Gasteiger partial charge in [0.2, 0.25) is 5.91 Å². The summed E-state index contributed by atoms with van der Waals surface area (Å²) < 4.78 is 5.11. The van der Waals surface area contributed by atoms with Crippen molar-refractivity contribution in [3.05, 3.63) is 69.0 Å². The lowest BCUT2D eigenvalue weighted by molar-refractivity contribution is -0.119. The first-order valence-electron chi connectivity index (χ1n) is 8.90. The molecule has 0 aliphatic heterocycles. The molecular formula is C20H22N4O3S. The van der Waals surface area contributed by atoms with E-state index in [1.54, 1.807) is 5.38 Å². The van der Waals surface area contributed by atoms with Crippen LogP contribution < -0.4 is 10.6 Å². The number of carbonyl (C=O) groups is 2. The highest BCUT2D eigenvalue weighted by atomic mass is 32.1. The molecule has 28 heavy (non-hydrogen) atoms. The second-order valence-corrected chi connectivity index (χ2v) is 7.39. The SMILES string of the molecule is CC(=O)N[C@H](Cc1ccccc1)c1nc(C(=O)NCc2c(C)noc2C)cs1.